The molecule has 0 aliphatic heterocycles. The lowest BCUT2D eigenvalue weighted by molar-refractivity contribution is 0.425. The minimum absolute atomic E-state index is 0.198. The van der Waals surface area contributed by atoms with Gasteiger partial charge in [0.2, 0.25) is 10.0 Å². The zero-order valence-corrected chi connectivity index (χ0v) is 11.8. The summed E-state index contributed by atoms with van der Waals surface area (Å²) in [6.45, 7) is 3.42. The smallest absolute Gasteiger partial charge is 0.214 e. The summed E-state index contributed by atoms with van der Waals surface area (Å²) in [6.07, 6.45) is 1.40. The molecule has 17 heavy (non-hydrogen) atoms. The third-order valence-corrected chi connectivity index (χ3v) is 5.35. The van der Waals surface area contributed by atoms with Crippen LogP contribution in [0.5, 0.6) is 0 Å². The fourth-order valence-corrected chi connectivity index (χ4v) is 3.90. The highest BCUT2D eigenvalue weighted by atomic mass is 32.2. The zero-order chi connectivity index (χ0) is 12.7. The Hall–Kier alpha value is -0.430. The van der Waals surface area contributed by atoms with Crippen molar-refractivity contribution in [2.24, 2.45) is 5.73 Å². The van der Waals surface area contributed by atoms with E-state index in [1.54, 1.807) is 11.3 Å². The van der Waals surface area contributed by atoms with Gasteiger partial charge in [-0.25, -0.2) is 8.42 Å². The normalized spacial score (nSPS) is 12.2. The van der Waals surface area contributed by atoms with Crippen molar-refractivity contribution in [3.63, 3.8) is 0 Å². The van der Waals surface area contributed by atoms with Gasteiger partial charge in [0.05, 0.1) is 5.75 Å². The quantitative estimate of drug-likeness (QED) is 0.734. The average Bonchev–Trinajstić information content (AvgIpc) is 2.78. The maximum Gasteiger partial charge on any atom is 0.214 e. The second kappa shape index (κ2) is 7.10. The molecule has 0 radical (unpaired) electrons. The van der Waals surface area contributed by atoms with Gasteiger partial charge in [-0.05, 0) is 30.8 Å². The van der Waals surface area contributed by atoms with E-state index in [1.807, 2.05) is 24.4 Å². The summed E-state index contributed by atoms with van der Waals surface area (Å²) >= 11 is 1.58. The Balaban J connectivity index is 2.59. The Morgan fingerprint density at radius 2 is 2.18 bits per heavy atom. The van der Waals surface area contributed by atoms with E-state index in [1.165, 1.54) is 4.31 Å². The van der Waals surface area contributed by atoms with E-state index in [-0.39, 0.29) is 5.75 Å². The lowest BCUT2D eigenvalue weighted by Gasteiger charge is -2.19. The second-order valence-corrected chi connectivity index (χ2v) is 6.94. The molecule has 0 saturated heterocycles. The number of rotatable bonds is 8. The van der Waals surface area contributed by atoms with Crippen LogP contribution in [0.3, 0.4) is 0 Å². The van der Waals surface area contributed by atoms with Gasteiger partial charge in [-0.3, -0.25) is 0 Å². The number of hydrogen-bond acceptors (Lipinski definition) is 4. The fraction of sp³-hybridized carbons (Fsp3) is 0.636. The largest absolute Gasteiger partial charge is 0.330 e. The molecular formula is C11H20N2O2S2. The monoisotopic (exact) mass is 276 g/mol. The van der Waals surface area contributed by atoms with Crippen LogP contribution in [0.15, 0.2) is 17.5 Å². The van der Waals surface area contributed by atoms with Crippen LogP contribution >= 0.6 is 11.3 Å². The first-order valence-electron chi connectivity index (χ1n) is 5.80. The van der Waals surface area contributed by atoms with E-state index in [0.717, 1.165) is 11.3 Å². The highest BCUT2D eigenvalue weighted by Crippen LogP contribution is 2.15. The number of nitrogens with two attached hydrogens (primary N) is 1. The van der Waals surface area contributed by atoms with Crippen LogP contribution < -0.4 is 5.73 Å². The summed E-state index contributed by atoms with van der Waals surface area (Å²) in [5.74, 6) is 0.198. The number of nitrogens with zero attached hydrogens (tertiary/aromatic N) is 1. The van der Waals surface area contributed by atoms with Crippen LogP contribution in [0.1, 0.15) is 24.6 Å². The Kier molecular flexibility index (Phi) is 6.11. The van der Waals surface area contributed by atoms with Gasteiger partial charge in [-0.1, -0.05) is 13.0 Å². The lowest BCUT2D eigenvalue weighted by Crippen LogP contribution is -2.32. The molecule has 2 N–H and O–H groups in total. The van der Waals surface area contributed by atoms with Crippen LogP contribution in [0.25, 0.3) is 0 Å². The van der Waals surface area contributed by atoms with E-state index in [2.05, 4.69) is 0 Å². The molecule has 6 heteroatoms. The van der Waals surface area contributed by atoms with E-state index < -0.39 is 10.0 Å². The predicted octanol–water partition coefficient (Wildman–Crippen LogP) is 1.64. The highest BCUT2D eigenvalue weighted by Gasteiger charge is 2.20. The van der Waals surface area contributed by atoms with E-state index in [0.29, 0.717) is 26.1 Å². The first kappa shape index (κ1) is 14.6. The van der Waals surface area contributed by atoms with Crippen molar-refractivity contribution in [1.29, 1.82) is 0 Å². The maximum absolute atomic E-state index is 12.1. The van der Waals surface area contributed by atoms with Gasteiger partial charge >= 0.3 is 0 Å². The molecule has 1 rings (SSSR count). The van der Waals surface area contributed by atoms with Gasteiger partial charge in [0.25, 0.3) is 0 Å². The molecule has 0 aromatic carbocycles. The number of hydrogen-bond donors (Lipinski definition) is 1. The summed E-state index contributed by atoms with van der Waals surface area (Å²) in [7, 11) is -3.14. The minimum Gasteiger partial charge on any atom is -0.330 e. The Morgan fingerprint density at radius 3 is 2.71 bits per heavy atom. The summed E-state index contributed by atoms with van der Waals surface area (Å²) < 4.78 is 25.6. The van der Waals surface area contributed by atoms with Crippen molar-refractivity contribution in [2.75, 3.05) is 18.8 Å². The third-order valence-electron chi connectivity index (χ3n) is 2.51. The molecule has 0 saturated carbocycles. The minimum atomic E-state index is -3.14. The molecule has 0 amide bonds. The second-order valence-electron chi connectivity index (χ2n) is 3.82. The Labute approximate surface area is 107 Å². The van der Waals surface area contributed by atoms with Crippen molar-refractivity contribution in [1.82, 2.24) is 4.31 Å². The van der Waals surface area contributed by atoms with Gasteiger partial charge in [0.15, 0.2) is 0 Å². The molecular weight excluding hydrogens is 256 g/mol. The molecule has 0 unspecified atom stereocenters. The van der Waals surface area contributed by atoms with E-state index in [4.69, 9.17) is 5.73 Å². The average molecular weight is 276 g/mol. The first-order valence-corrected chi connectivity index (χ1v) is 8.29. The molecule has 0 bridgehead atoms. The number of sulfonamides is 1. The Bertz CT molecular complexity index is 401. The molecule has 98 valence electrons. The summed E-state index contributed by atoms with van der Waals surface area (Å²) in [5, 5.41) is 1.96. The van der Waals surface area contributed by atoms with Crippen LogP contribution in [0.2, 0.25) is 0 Å². The van der Waals surface area contributed by atoms with Crippen LogP contribution in [0, 0.1) is 0 Å². The van der Waals surface area contributed by atoms with E-state index >= 15 is 0 Å². The van der Waals surface area contributed by atoms with Crippen LogP contribution in [0.4, 0.5) is 0 Å². The zero-order valence-electron chi connectivity index (χ0n) is 10.1. The molecule has 0 spiro atoms. The van der Waals surface area contributed by atoms with Crippen molar-refractivity contribution >= 4 is 21.4 Å². The molecule has 0 atom stereocenters. The summed E-state index contributed by atoms with van der Waals surface area (Å²) in [6, 6.07) is 3.90. The lowest BCUT2D eigenvalue weighted by atomic mass is 10.3. The van der Waals surface area contributed by atoms with Crippen molar-refractivity contribution in [3.8, 4) is 0 Å². The van der Waals surface area contributed by atoms with Gasteiger partial charge in [0, 0.05) is 18.0 Å². The summed E-state index contributed by atoms with van der Waals surface area (Å²) in [5.41, 5.74) is 5.37. The molecule has 0 fully saturated rings. The highest BCUT2D eigenvalue weighted by molar-refractivity contribution is 7.89. The molecule has 0 aliphatic rings. The molecule has 1 aromatic heterocycles. The third kappa shape index (κ3) is 4.75. The molecule has 4 nitrogen and oxygen atoms in total. The SMILES string of the molecule is CCN(Cc1cccs1)S(=O)(=O)CCCCN. The van der Waals surface area contributed by atoms with Gasteiger partial charge < -0.3 is 5.73 Å². The molecule has 0 aliphatic carbocycles. The number of unbranched alkanes of at least 4 members (excludes halogenated alkanes) is 1. The summed E-state index contributed by atoms with van der Waals surface area (Å²) in [4.78, 5) is 1.08. The van der Waals surface area contributed by atoms with Gasteiger partial charge in [0.1, 0.15) is 0 Å². The fourth-order valence-electron chi connectivity index (χ4n) is 1.54. The molecule has 1 heterocycles. The van der Waals surface area contributed by atoms with Gasteiger partial charge in [-0.15, -0.1) is 11.3 Å². The first-order chi connectivity index (χ1) is 8.10. The predicted molar refractivity (Wildman–Crippen MR) is 72.5 cm³/mol. The van der Waals surface area contributed by atoms with Crippen molar-refractivity contribution in [3.05, 3.63) is 22.4 Å². The van der Waals surface area contributed by atoms with Crippen molar-refractivity contribution < 1.29 is 8.42 Å². The van der Waals surface area contributed by atoms with Gasteiger partial charge in [-0.2, -0.15) is 4.31 Å². The van der Waals surface area contributed by atoms with E-state index in [9.17, 15) is 8.42 Å². The standard InChI is InChI=1S/C11H20N2O2S2/c1-2-13(10-11-6-5-8-16-11)17(14,15)9-4-3-7-12/h5-6,8H,2-4,7,9-10,12H2,1H3. The molecule has 1 aromatic rings. The number of thiophene rings is 1. The van der Waals surface area contributed by atoms with Crippen LogP contribution in [-0.4, -0.2) is 31.6 Å². The Morgan fingerprint density at radius 1 is 1.41 bits per heavy atom. The topological polar surface area (TPSA) is 63.4 Å². The maximum atomic E-state index is 12.1. The van der Waals surface area contributed by atoms with Crippen molar-refractivity contribution in [2.45, 2.75) is 26.3 Å². The van der Waals surface area contributed by atoms with Crippen LogP contribution in [-0.2, 0) is 16.6 Å².